The van der Waals surface area contributed by atoms with Gasteiger partial charge in [-0.3, -0.25) is 0 Å². The summed E-state index contributed by atoms with van der Waals surface area (Å²) < 4.78 is 0. The molecule has 18 heavy (non-hydrogen) atoms. The molecule has 0 amide bonds. The van der Waals surface area contributed by atoms with Crippen LogP contribution in [-0.4, -0.2) is 12.1 Å². The zero-order valence-corrected chi connectivity index (χ0v) is 12.7. The normalized spacial score (nSPS) is 14.8. The Balaban J connectivity index is 2.30. The van der Waals surface area contributed by atoms with Gasteiger partial charge in [-0.05, 0) is 51.5 Å². The molecule has 0 aliphatic heterocycles. The van der Waals surface area contributed by atoms with Crippen LogP contribution in [0.15, 0.2) is 24.3 Å². The van der Waals surface area contributed by atoms with E-state index in [1.165, 1.54) is 30.4 Å². The van der Waals surface area contributed by atoms with Crippen LogP contribution in [0.2, 0.25) is 0 Å². The highest BCUT2D eigenvalue weighted by Crippen LogP contribution is 2.10. The van der Waals surface area contributed by atoms with Crippen molar-refractivity contribution in [2.75, 3.05) is 0 Å². The van der Waals surface area contributed by atoms with Gasteiger partial charge in [0.15, 0.2) is 0 Å². The van der Waals surface area contributed by atoms with Crippen LogP contribution in [0.1, 0.15) is 51.7 Å². The Morgan fingerprint density at radius 1 is 1.06 bits per heavy atom. The smallest absolute Gasteiger partial charge is 0.00443 e. The van der Waals surface area contributed by atoms with E-state index in [1.807, 2.05) is 0 Å². The molecule has 2 unspecified atom stereocenters. The third kappa shape index (κ3) is 6.20. The lowest BCUT2D eigenvalue weighted by atomic mass is 10.0. The van der Waals surface area contributed by atoms with Gasteiger partial charge in [0, 0.05) is 12.1 Å². The molecule has 1 N–H and O–H groups in total. The Labute approximate surface area is 113 Å². The molecule has 1 heteroatoms. The number of nitrogens with one attached hydrogen (secondary N) is 1. The fourth-order valence-electron chi connectivity index (χ4n) is 2.60. The monoisotopic (exact) mass is 247 g/mol. The summed E-state index contributed by atoms with van der Waals surface area (Å²) in [5, 5.41) is 3.70. The average molecular weight is 247 g/mol. The molecule has 0 aliphatic carbocycles. The summed E-state index contributed by atoms with van der Waals surface area (Å²) in [4.78, 5) is 0. The van der Waals surface area contributed by atoms with Gasteiger partial charge >= 0.3 is 0 Å². The molecule has 102 valence electrons. The molecular weight excluding hydrogens is 218 g/mol. The van der Waals surface area contributed by atoms with Crippen molar-refractivity contribution in [3.63, 3.8) is 0 Å². The highest BCUT2D eigenvalue weighted by Gasteiger charge is 2.09. The van der Waals surface area contributed by atoms with Gasteiger partial charge in [0.1, 0.15) is 0 Å². The molecule has 0 spiro atoms. The van der Waals surface area contributed by atoms with Gasteiger partial charge < -0.3 is 5.32 Å². The van der Waals surface area contributed by atoms with Crippen LogP contribution < -0.4 is 5.32 Å². The van der Waals surface area contributed by atoms with Crippen molar-refractivity contribution in [1.82, 2.24) is 5.32 Å². The predicted octanol–water partition coefficient (Wildman–Crippen LogP) is 4.34. The number of hydrogen-bond donors (Lipinski definition) is 1. The summed E-state index contributed by atoms with van der Waals surface area (Å²) in [6, 6.07) is 10.1. The van der Waals surface area contributed by atoms with Crippen LogP contribution >= 0.6 is 0 Å². The SMILES string of the molecule is Cc1cccc(CCC(C)NC(C)CC(C)C)c1. The molecule has 0 fully saturated rings. The van der Waals surface area contributed by atoms with Gasteiger partial charge in [-0.2, -0.15) is 0 Å². The largest absolute Gasteiger partial charge is 0.312 e. The van der Waals surface area contributed by atoms with Crippen molar-refractivity contribution < 1.29 is 0 Å². The molecule has 0 radical (unpaired) electrons. The van der Waals surface area contributed by atoms with Gasteiger partial charge in [-0.1, -0.05) is 43.7 Å². The van der Waals surface area contributed by atoms with E-state index in [0.717, 1.165) is 5.92 Å². The van der Waals surface area contributed by atoms with Gasteiger partial charge in [-0.15, -0.1) is 0 Å². The molecule has 0 aromatic heterocycles. The van der Waals surface area contributed by atoms with Crippen molar-refractivity contribution in [3.8, 4) is 0 Å². The van der Waals surface area contributed by atoms with E-state index < -0.39 is 0 Å². The highest BCUT2D eigenvalue weighted by atomic mass is 14.9. The second-order valence-electron chi connectivity index (χ2n) is 6.13. The fourth-order valence-corrected chi connectivity index (χ4v) is 2.60. The maximum absolute atomic E-state index is 3.70. The first-order chi connectivity index (χ1) is 8.47. The quantitative estimate of drug-likeness (QED) is 0.755. The average Bonchev–Trinajstić information content (AvgIpc) is 2.25. The number of rotatable bonds is 7. The summed E-state index contributed by atoms with van der Waals surface area (Å²) in [6.45, 7) is 11.3. The minimum atomic E-state index is 0.597. The third-order valence-electron chi connectivity index (χ3n) is 3.34. The topological polar surface area (TPSA) is 12.0 Å². The minimum Gasteiger partial charge on any atom is -0.312 e. The highest BCUT2D eigenvalue weighted by molar-refractivity contribution is 5.22. The van der Waals surface area contributed by atoms with E-state index in [1.54, 1.807) is 0 Å². The van der Waals surface area contributed by atoms with Crippen molar-refractivity contribution in [3.05, 3.63) is 35.4 Å². The first-order valence-electron chi connectivity index (χ1n) is 7.29. The molecule has 0 saturated heterocycles. The van der Waals surface area contributed by atoms with E-state index >= 15 is 0 Å². The fraction of sp³-hybridized carbons (Fsp3) is 0.647. The first kappa shape index (κ1) is 15.2. The van der Waals surface area contributed by atoms with Crippen LogP contribution in [0.5, 0.6) is 0 Å². The molecule has 1 aromatic rings. The zero-order valence-electron chi connectivity index (χ0n) is 12.7. The van der Waals surface area contributed by atoms with Crippen LogP contribution in [0.3, 0.4) is 0 Å². The molecule has 2 atom stereocenters. The molecule has 0 heterocycles. The number of benzene rings is 1. The van der Waals surface area contributed by atoms with Crippen LogP contribution in [0, 0.1) is 12.8 Å². The van der Waals surface area contributed by atoms with Crippen molar-refractivity contribution in [2.45, 2.75) is 66.0 Å². The van der Waals surface area contributed by atoms with Gasteiger partial charge in [-0.25, -0.2) is 0 Å². The Morgan fingerprint density at radius 3 is 2.39 bits per heavy atom. The van der Waals surface area contributed by atoms with Crippen molar-refractivity contribution >= 4 is 0 Å². The maximum atomic E-state index is 3.70. The maximum Gasteiger partial charge on any atom is 0.00443 e. The summed E-state index contributed by atoms with van der Waals surface area (Å²) in [5.41, 5.74) is 2.82. The van der Waals surface area contributed by atoms with E-state index in [-0.39, 0.29) is 0 Å². The lowest BCUT2D eigenvalue weighted by molar-refractivity contribution is 0.390. The van der Waals surface area contributed by atoms with E-state index in [2.05, 4.69) is 64.2 Å². The minimum absolute atomic E-state index is 0.597. The van der Waals surface area contributed by atoms with Gasteiger partial charge in [0.05, 0.1) is 0 Å². The predicted molar refractivity (Wildman–Crippen MR) is 81.0 cm³/mol. The Hall–Kier alpha value is -0.820. The van der Waals surface area contributed by atoms with Crippen LogP contribution in [0.25, 0.3) is 0 Å². The Kier molecular flexibility index (Phi) is 6.42. The number of aryl methyl sites for hydroxylation is 2. The molecule has 0 bridgehead atoms. The summed E-state index contributed by atoms with van der Waals surface area (Å²) in [7, 11) is 0. The summed E-state index contributed by atoms with van der Waals surface area (Å²) >= 11 is 0. The Bertz CT molecular complexity index is 343. The number of hydrogen-bond acceptors (Lipinski definition) is 1. The lowest BCUT2D eigenvalue weighted by Crippen LogP contribution is -2.35. The molecule has 1 rings (SSSR count). The second-order valence-corrected chi connectivity index (χ2v) is 6.13. The molecule has 1 nitrogen and oxygen atoms in total. The molecule has 0 saturated carbocycles. The zero-order chi connectivity index (χ0) is 13.5. The standard InChI is InChI=1S/C17H29N/c1-13(2)11-16(5)18-15(4)9-10-17-8-6-7-14(3)12-17/h6-8,12-13,15-16,18H,9-11H2,1-5H3. The van der Waals surface area contributed by atoms with Crippen LogP contribution in [0.4, 0.5) is 0 Å². The van der Waals surface area contributed by atoms with E-state index in [0.29, 0.717) is 12.1 Å². The van der Waals surface area contributed by atoms with Crippen LogP contribution in [-0.2, 0) is 6.42 Å². The van der Waals surface area contributed by atoms with E-state index in [4.69, 9.17) is 0 Å². The van der Waals surface area contributed by atoms with Gasteiger partial charge in [0.2, 0.25) is 0 Å². The summed E-state index contributed by atoms with van der Waals surface area (Å²) in [5.74, 6) is 0.775. The van der Waals surface area contributed by atoms with Crippen molar-refractivity contribution in [2.24, 2.45) is 5.92 Å². The molecule has 1 aromatic carbocycles. The third-order valence-corrected chi connectivity index (χ3v) is 3.34. The van der Waals surface area contributed by atoms with E-state index in [9.17, 15) is 0 Å². The lowest BCUT2D eigenvalue weighted by Gasteiger charge is -2.21. The second kappa shape index (κ2) is 7.58. The Morgan fingerprint density at radius 2 is 1.78 bits per heavy atom. The first-order valence-corrected chi connectivity index (χ1v) is 7.29. The molecular formula is C17H29N. The summed E-state index contributed by atoms with van der Waals surface area (Å²) in [6.07, 6.45) is 3.64. The van der Waals surface area contributed by atoms with Gasteiger partial charge in [0.25, 0.3) is 0 Å². The van der Waals surface area contributed by atoms with Crippen molar-refractivity contribution in [1.29, 1.82) is 0 Å². The molecule has 0 aliphatic rings.